The van der Waals surface area contributed by atoms with Gasteiger partial charge in [-0.3, -0.25) is 14.2 Å². The fourth-order valence-electron chi connectivity index (χ4n) is 4.12. The van der Waals surface area contributed by atoms with E-state index >= 15 is 0 Å². The number of rotatable bonds is 8. The molecule has 0 atom stereocenters. The van der Waals surface area contributed by atoms with E-state index in [4.69, 9.17) is 0 Å². The predicted octanol–water partition coefficient (Wildman–Crippen LogP) is 2.26. The fourth-order valence-corrected chi connectivity index (χ4v) is 4.12. The number of carbonyl (C=O) groups is 1. The van der Waals surface area contributed by atoms with E-state index in [1.807, 2.05) is 11.5 Å². The number of nitrogens with one attached hydrogen (secondary N) is 1. The number of imidazole rings is 1. The smallest absolute Gasteiger partial charge is 0.333 e. The molecule has 0 saturated heterocycles. The van der Waals surface area contributed by atoms with Crippen molar-refractivity contribution in [2.24, 2.45) is 5.92 Å². The van der Waals surface area contributed by atoms with Gasteiger partial charge in [-0.2, -0.15) is 0 Å². The van der Waals surface area contributed by atoms with Gasteiger partial charge in [-0.05, 0) is 44.4 Å². The van der Waals surface area contributed by atoms with Gasteiger partial charge in [0.1, 0.15) is 6.54 Å². The van der Waals surface area contributed by atoms with E-state index in [9.17, 15) is 14.4 Å². The second kappa shape index (κ2) is 9.41. The molecule has 1 fully saturated rings. The third-order valence-corrected chi connectivity index (χ3v) is 5.87. The Balaban J connectivity index is 1.92. The van der Waals surface area contributed by atoms with Crippen LogP contribution < -0.4 is 16.6 Å². The molecule has 1 saturated carbocycles. The van der Waals surface area contributed by atoms with E-state index in [0.29, 0.717) is 30.2 Å². The largest absolute Gasteiger partial charge is 0.352 e. The molecule has 8 heteroatoms. The molecule has 1 aliphatic rings. The summed E-state index contributed by atoms with van der Waals surface area (Å²) in [5.41, 5.74) is -0.0717. The Hall–Kier alpha value is -2.38. The molecule has 0 aliphatic heterocycles. The van der Waals surface area contributed by atoms with Crippen molar-refractivity contribution in [1.82, 2.24) is 24.0 Å². The number of hydrogen-bond acceptors (Lipinski definition) is 4. The Kier molecular flexibility index (Phi) is 6.92. The van der Waals surface area contributed by atoms with Crippen molar-refractivity contribution < 1.29 is 4.79 Å². The summed E-state index contributed by atoms with van der Waals surface area (Å²) in [6.45, 7) is 7.16. The molecule has 0 aromatic carbocycles. The van der Waals surface area contributed by atoms with Gasteiger partial charge in [0.15, 0.2) is 11.2 Å². The van der Waals surface area contributed by atoms with Crippen LogP contribution >= 0.6 is 0 Å². The highest BCUT2D eigenvalue weighted by Crippen LogP contribution is 2.23. The number of aryl methyl sites for hydroxylation is 2. The van der Waals surface area contributed by atoms with E-state index in [1.165, 1.54) is 4.57 Å². The van der Waals surface area contributed by atoms with E-state index < -0.39 is 11.2 Å². The standard InChI is InChI=1S/C21H33N5O3/c1-4-6-12-24-14-22-19-18(24)20(28)26(21(29)25(19)11-5-2)13-17(27)23-16-9-7-15(3)8-10-16/h14-16H,4-13H2,1-3H3,(H,23,27). The lowest BCUT2D eigenvalue weighted by atomic mass is 9.87. The number of hydrogen-bond donors (Lipinski definition) is 1. The number of amides is 1. The zero-order valence-electron chi connectivity index (χ0n) is 17.8. The Morgan fingerprint density at radius 2 is 1.83 bits per heavy atom. The van der Waals surface area contributed by atoms with Crippen LogP contribution in [-0.4, -0.2) is 30.6 Å². The van der Waals surface area contributed by atoms with Gasteiger partial charge in [0, 0.05) is 19.1 Å². The zero-order valence-corrected chi connectivity index (χ0v) is 17.8. The first-order valence-electron chi connectivity index (χ1n) is 10.9. The van der Waals surface area contributed by atoms with Crippen LogP contribution in [0.25, 0.3) is 11.2 Å². The number of fused-ring (bicyclic) bond motifs is 1. The van der Waals surface area contributed by atoms with Gasteiger partial charge in [0.05, 0.1) is 6.33 Å². The summed E-state index contributed by atoms with van der Waals surface area (Å²) >= 11 is 0. The summed E-state index contributed by atoms with van der Waals surface area (Å²) < 4.78 is 4.40. The molecule has 3 rings (SSSR count). The zero-order chi connectivity index (χ0) is 21.0. The SMILES string of the molecule is CCCCn1cnc2c1c(=O)n(CC(=O)NC1CCC(C)CC1)c(=O)n2CCC. The van der Waals surface area contributed by atoms with Crippen LogP contribution in [0.1, 0.15) is 65.7 Å². The lowest BCUT2D eigenvalue weighted by Crippen LogP contribution is -2.46. The molecule has 0 unspecified atom stereocenters. The van der Waals surface area contributed by atoms with Gasteiger partial charge in [-0.1, -0.05) is 27.2 Å². The third-order valence-electron chi connectivity index (χ3n) is 5.87. The van der Waals surface area contributed by atoms with Gasteiger partial charge < -0.3 is 9.88 Å². The van der Waals surface area contributed by atoms with E-state index in [2.05, 4.69) is 24.1 Å². The topological polar surface area (TPSA) is 90.9 Å². The van der Waals surface area contributed by atoms with Crippen LogP contribution in [0.4, 0.5) is 0 Å². The molecule has 8 nitrogen and oxygen atoms in total. The molecule has 2 aromatic rings. The second-order valence-electron chi connectivity index (χ2n) is 8.31. The van der Waals surface area contributed by atoms with Crippen molar-refractivity contribution in [3.63, 3.8) is 0 Å². The quantitative estimate of drug-likeness (QED) is 0.732. The highest BCUT2D eigenvalue weighted by atomic mass is 16.2. The van der Waals surface area contributed by atoms with E-state index in [-0.39, 0.29) is 18.5 Å². The van der Waals surface area contributed by atoms with Crippen molar-refractivity contribution in [2.45, 2.75) is 91.4 Å². The summed E-state index contributed by atoms with van der Waals surface area (Å²) in [7, 11) is 0. The second-order valence-corrected chi connectivity index (χ2v) is 8.31. The first-order chi connectivity index (χ1) is 14.0. The maximum atomic E-state index is 13.1. The lowest BCUT2D eigenvalue weighted by Gasteiger charge is -2.27. The number of nitrogens with zero attached hydrogens (tertiary/aromatic N) is 4. The molecule has 2 aromatic heterocycles. The van der Waals surface area contributed by atoms with Crippen molar-refractivity contribution in [3.05, 3.63) is 27.2 Å². The van der Waals surface area contributed by atoms with Crippen LogP contribution in [0.15, 0.2) is 15.9 Å². The van der Waals surface area contributed by atoms with Crippen LogP contribution in [0.5, 0.6) is 0 Å². The minimum Gasteiger partial charge on any atom is -0.352 e. The number of aromatic nitrogens is 4. The predicted molar refractivity (Wildman–Crippen MR) is 113 cm³/mol. The molecule has 160 valence electrons. The van der Waals surface area contributed by atoms with Gasteiger partial charge in [0.25, 0.3) is 5.56 Å². The average Bonchev–Trinajstić information content (AvgIpc) is 3.12. The summed E-state index contributed by atoms with van der Waals surface area (Å²) in [6.07, 6.45) is 8.36. The molecular formula is C21H33N5O3. The number of unbranched alkanes of at least 4 members (excludes halogenated alkanes) is 1. The van der Waals surface area contributed by atoms with E-state index in [0.717, 1.165) is 49.5 Å². The minimum atomic E-state index is -0.461. The monoisotopic (exact) mass is 403 g/mol. The average molecular weight is 404 g/mol. The highest BCUT2D eigenvalue weighted by Gasteiger charge is 2.22. The maximum Gasteiger partial charge on any atom is 0.333 e. The van der Waals surface area contributed by atoms with Crippen molar-refractivity contribution in [1.29, 1.82) is 0 Å². The van der Waals surface area contributed by atoms with Crippen molar-refractivity contribution in [2.75, 3.05) is 0 Å². The Morgan fingerprint density at radius 1 is 1.10 bits per heavy atom. The Bertz CT molecular complexity index is 963. The minimum absolute atomic E-state index is 0.131. The maximum absolute atomic E-state index is 13.1. The van der Waals surface area contributed by atoms with Crippen LogP contribution in [0, 0.1) is 5.92 Å². The molecule has 1 N–H and O–H groups in total. The van der Waals surface area contributed by atoms with Gasteiger partial charge >= 0.3 is 5.69 Å². The fraction of sp³-hybridized carbons (Fsp3) is 0.714. The number of carbonyl (C=O) groups excluding carboxylic acids is 1. The Labute approximate surface area is 170 Å². The Morgan fingerprint density at radius 3 is 2.48 bits per heavy atom. The van der Waals surface area contributed by atoms with Crippen LogP contribution in [-0.2, 0) is 24.4 Å². The third kappa shape index (κ3) is 4.62. The van der Waals surface area contributed by atoms with E-state index in [1.54, 1.807) is 6.33 Å². The lowest BCUT2D eigenvalue weighted by molar-refractivity contribution is -0.122. The molecule has 0 bridgehead atoms. The summed E-state index contributed by atoms with van der Waals surface area (Å²) in [4.78, 5) is 43.1. The van der Waals surface area contributed by atoms with Gasteiger partial charge in [-0.25, -0.2) is 14.3 Å². The van der Waals surface area contributed by atoms with Crippen molar-refractivity contribution >= 4 is 17.1 Å². The molecule has 2 heterocycles. The normalized spacial score (nSPS) is 19.6. The summed E-state index contributed by atoms with van der Waals surface area (Å²) in [5.74, 6) is 0.420. The molecule has 1 aliphatic carbocycles. The van der Waals surface area contributed by atoms with Crippen molar-refractivity contribution in [3.8, 4) is 0 Å². The highest BCUT2D eigenvalue weighted by molar-refractivity contribution is 5.77. The molecule has 0 spiro atoms. The van der Waals surface area contributed by atoms with Crippen LogP contribution in [0.3, 0.4) is 0 Å². The summed E-state index contributed by atoms with van der Waals surface area (Å²) in [6, 6.07) is 0.131. The van der Waals surface area contributed by atoms with Crippen LogP contribution in [0.2, 0.25) is 0 Å². The molecule has 29 heavy (non-hydrogen) atoms. The first kappa shape index (κ1) is 21.3. The molecule has 0 radical (unpaired) electrons. The van der Waals surface area contributed by atoms with Gasteiger partial charge in [-0.15, -0.1) is 0 Å². The van der Waals surface area contributed by atoms with Gasteiger partial charge in [0.2, 0.25) is 5.91 Å². The first-order valence-corrected chi connectivity index (χ1v) is 10.9. The molecular weight excluding hydrogens is 370 g/mol. The molecule has 1 amide bonds. The summed E-state index contributed by atoms with van der Waals surface area (Å²) in [5, 5.41) is 3.02.